The number of likely N-dealkylation sites (tertiary alicyclic amines) is 1. The van der Waals surface area contributed by atoms with Gasteiger partial charge in [-0.3, -0.25) is 34.1 Å². The summed E-state index contributed by atoms with van der Waals surface area (Å²) in [7, 11) is -2.84. The Bertz CT molecular complexity index is 2720. The Morgan fingerprint density at radius 2 is 1.65 bits per heavy atom. The van der Waals surface area contributed by atoms with Gasteiger partial charge in [-0.25, -0.2) is 13.8 Å². The van der Waals surface area contributed by atoms with Crippen LogP contribution in [0.4, 0.5) is 20.2 Å². The fourth-order valence-corrected chi connectivity index (χ4v) is 9.28. The fourth-order valence-electron chi connectivity index (χ4n) is 8.34. The van der Waals surface area contributed by atoms with E-state index < -0.39 is 44.9 Å². The Morgan fingerprint density at radius 1 is 0.921 bits per heavy atom. The highest BCUT2D eigenvalue weighted by atomic mass is 32.2. The molecule has 2 fully saturated rings. The average Bonchev–Trinajstić information content (AvgIpc) is 3.72. The van der Waals surface area contributed by atoms with Crippen molar-refractivity contribution in [3.8, 4) is 11.1 Å². The lowest BCUT2D eigenvalue weighted by Gasteiger charge is -2.34. The van der Waals surface area contributed by atoms with Gasteiger partial charge in [-0.2, -0.15) is 12.7 Å². The smallest absolute Gasteiger partial charge is 0.301 e. The maximum absolute atomic E-state index is 15.6. The molecule has 328 valence electrons. The summed E-state index contributed by atoms with van der Waals surface area (Å²) in [6, 6.07) is 19.1. The zero-order valence-electron chi connectivity index (χ0n) is 34.9. The number of carbonyl (C=O) groups is 4. The normalized spacial score (nSPS) is 17.8. The molecule has 0 aliphatic carbocycles. The summed E-state index contributed by atoms with van der Waals surface area (Å²) in [4.78, 5) is 62.1. The highest BCUT2D eigenvalue weighted by Gasteiger charge is 2.29. The summed E-state index contributed by atoms with van der Waals surface area (Å²) in [5.41, 5.74) is 4.56. The molecule has 4 N–H and O–H groups in total. The number of H-pyrrole nitrogens is 1. The summed E-state index contributed by atoms with van der Waals surface area (Å²) in [6.45, 7) is 4.86. The molecule has 8 rings (SSSR count). The highest BCUT2D eigenvalue weighted by molar-refractivity contribution is 7.90. The largest absolute Gasteiger partial charge is 0.374 e. The summed E-state index contributed by atoms with van der Waals surface area (Å²) >= 11 is 0. The van der Waals surface area contributed by atoms with Crippen LogP contribution >= 0.6 is 0 Å². The van der Waals surface area contributed by atoms with Gasteiger partial charge in [0.05, 0.1) is 17.8 Å². The second kappa shape index (κ2) is 18.2. The molecule has 5 heterocycles. The molecule has 14 nitrogen and oxygen atoms in total. The number of nitrogens with one attached hydrogen (secondary N) is 4. The summed E-state index contributed by atoms with van der Waals surface area (Å²) < 4.78 is 58.8. The summed E-state index contributed by atoms with van der Waals surface area (Å²) in [5.74, 6) is -3.47. The van der Waals surface area contributed by atoms with Crippen molar-refractivity contribution in [2.24, 2.45) is 0 Å². The van der Waals surface area contributed by atoms with Crippen LogP contribution in [0.5, 0.6) is 0 Å². The lowest BCUT2D eigenvalue weighted by molar-refractivity contribution is -0.134. The van der Waals surface area contributed by atoms with Crippen molar-refractivity contribution >= 4 is 61.7 Å². The first-order chi connectivity index (χ1) is 30.3. The number of ketones is 1. The molecule has 63 heavy (non-hydrogen) atoms. The molecule has 2 saturated heterocycles. The fraction of sp³-hybridized carbons (Fsp3) is 0.326. The Morgan fingerprint density at radius 3 is 2.33 bits per heavy atom. The van der Waals surface area contributed by atoms with Gasteiger partial charge in [0.25, 0.3) is 0 Å². The molecule has 3 amide bonds. The van der Waals surface area contributed by atoms with E-state index in [4.69, 9.17) is 0 Å². The van der Waals surface area contributed by atoms with Crippen LogP contribution in [0, 0.1) is 11.6 Å². The first kappa shape index (κ1) is 43.4. The third kappa shape index (κ3) is 9.40. The number of amides is 3. The minimum atomic E-state index is -4.14. The number of aromatic nitrogens is 2. The maximum Gasteiger partial charge on any atom is 0.301 e. The van der Waals surface area contributed by atoms with Gasteiger partial charge in [0.15, 0.2) is 5.82 Å². The summed E-state index contributed by atoms with van der Waals surface area (Å²) in [5, 5.41) is 5.94. The molecule has 0 radical (unpaired) electrons. The van der Waals surface area contributed by atoms with Gasteiger partial charge >= 0.3 is 10.2 Å². The number of nitrogens with zero attached hydrogens (tertiary/aromatic N) is 4. The second-order valence-electron chi connectivity index (χ2n) is 16.2. The van der Waals surface area contributed by atoms with Crippen molar-refractivity contribution in [1.82, 2.24) is 29.4 Å². The summed E-state index contributed by atoms with van der Waals surface area (Å²) in [6.07, 6.45) is 8.45. The van der Waals surface area contributed by atoms with Crippen LogP contribution in [0.1, 0.15) is 72.0 Å². The van der Waals surface area contributed by atoms with Gasteiger partial charge in [-0.1, -0.05) is 49.4 Å². The standard InChI is InChI=1S/C46H48F2N8O6S/c1-3-54(2)63(61,62)53-38-13-12-37(47)42(43(38)48)44(59)36-26-50-45-35(36)24-33(25-49-45)30-6-4-28(5-7-30)32-18-22-56(23-19-32)41(58)27-55-20-16-31(17-21-55)29-8-10-34(11-9-29)51-39-14-15-40(57)52-46(39)60/h4-13,18,24-26,31,39,51,53H,3,14-17,19-23,27H2,1-2H3,(H,49,50)(H,52,57,60). The van der Waals surface area contributed by atoms with Crippen molar-refractivity contribution in [3.05, 3.63) is 119 Å². The van der Waals surface area contributed by atoms with E-state index in [1.807, 2.05) is 41.3 Å². The van der Waals surface area contributed by atoms with E-state index in [9.17, 15) is 27.6 Å². The lowest BCUT2D eigenvalue weighted by Crippen LogP contribution is -2.47. The molecule has 3 aliphatic rings. The quantitative estimate of drug-likeness (QED) is 0.0810. The van der Waals surface area contributed by atoms with Crippen LogP contribution < -0.4 is 15.4 Å². The van der Waals surface area contributed by atoms with Crippen LogP contribution in [0.15, 0.2) is 85.2 Å². The van der Waals surface area contributed by atoms with Crippen LogP contribution in [-0.2, 0) is 24.6 Å². The maximum atomic E-state index is 15.6. The van der Waals surface area contributed by atoms with Gasteiger partial charge in [-0.05, 0) is 97.3 Å². The SMILES string of the molecule is CCN(C)S(=O)(=O)Nc1ccc(F)c(C(=O)c2c[nH]c3ncc(-c4ccc(C5=CCN(C(=O)CN6CCC(c7ccc(NC8CCC(=O)NC8=O)cc7)CC6)CC5)cc4)cc23)c1F. The molecule has 5 aromatic rings. The number of anilines is 2. The topological polar surface area (TPSA) is 177 Å². The molecule has 3 aliphatic heterocycles. The van der Waals surface area contributed by atoms with Crippen molar-refractivity contribution < 1.29 is 36.4 Å². The second-order valence-corrected chi connectivity index (χ2v) is 18.0. The number of fused-ring (bicyclic) bond motifs is 1. The number of carbonyl (C=O) groups excluding carboxylic acids is 4. The zero-order valence-corrected chi connectivity index (χ0v) is 35.7. The molecule has 1 atom stereocenters. The number of benzene rings is 3. The average molecular weight is 879 g/mol. The molecule has 17 heteroatoms. The van der Waals surface area contributed by atoms with Crippen LogP contribution in [0.3, 0.4) is 0 Å². The number of piperidine rings is 2. The van der Waals surface area contributed by atoms with E-state index in [1.54, 1.807) is 19.2 Å². The van der Waals surface area contributed by atoms with E-state index in [0.29, 0.717) is 61.4 Å². The molecule has 3 aromatic carbocycles. The van der Waals surface area contributed by atoms with Crippen LogP contribution in [-0.4, -0.2) is 108 Å². The van der Waals surface area contributed by atoms with Gasteiger partial charge in [-0.15, -0.1) is 0 Å². The molecule has 0 bridgehead atoms. The van der Waals surface area contributed by atoms with E-state index in [2.05, 4.69) is 48.4 Å². The van der Waals surface area contributed by atoms with E-state index in [0.717, 1.165) is 64.8 Å². The zero-order chi connectivity index (χ0) is 44.4. The molecular formula is C46H48F2N8O6S. The third-order valence-electron chi connectivity index (χ3n) is 12.2. The predicted molar refractivity (Wildman–Crippen MR) is 236 cm³/mol. The number of halogens is 2. The van der Waals surface area contributed by atoms with Crippen molar-refractivity contribution in [1.29, 1.82) is 0 Å². The number of hydrogen-bond acceptors (Lipinski definition) is 9. The first-order valence-corrected chi connectivity index (χ1v) is 22.5. The number of pyridine rings is 1. The van der Waals surface area contributed by atoms with Gasteiger partial charge < -0.3 is 15.2 Å². The van der Waals surface area contributed by atoms with E-state index in [1.165, 1.54) is 18.8 Å². The van der Waals surface area contributed by atoms with Crippen LogP contribution in [0.25, 0.3) is 27.7 Å². The third-order valence-corrected chi connectivity index (χ3v) is 13.8. The molecule has 2 aromatic heterocycles. The highest BCUT2D eigenvalue weighted by Crippen LogP contribution is 2.33. The van der Waals surface area contributed by atoms with Crippen molar-refractivity contribution in [2.75, 3.05) is 56.4 Å². The van der Waals surface area contributed by atoms with Gasteiger partial charge in [0.1, 0.15) is 17.5 Å². The number of aromatic amines is 1. The Balaban J connectivity index is 0.854. The monoisotopic (exact) mass is 878 g/mol. The Labute approximate surface area is 363 Å². The minimum absolute atomic E-state index is 0.0272. The first-order valence-electron chi connectivity index (χ1n) is 21.0. The minimum Gasteiger partial charge on any atom is -0.374 e. The van der Waals surface area contributed by atoms with Crippen molar-refractivity contribution in [3.63, 3.8) is 0 Å². The van der Waals surface area contributed by atoms with Crippen molar-refractivity contribution in [2.45, 2.75) is 51.0 Å². The van der Waals surface area contributed by atoms with Gasteiger partial charge in [0, 0.05) is 67.7 Å². The van der Waals surface area contributed by atoms with E-state index in [-0.39, 0.29) is 29.8 Å². The molecule has 0 spiro atoms. The number of imide groups is 1. The molecule has 0 saturated carbocycles. The molecular weight excluding hydrogens is 831 g/mol. The number of hydrogen-bond donors (Lipinski definition) is 4. The molecule has 1 unspecified atom stereocenters. The Hall–Kier alpha value is -6.30. The number of rotatable bonds is 13. The van der Waals surface area contributed by atoms with Gasteiger partial charge in [0.2, 0.25) is 23.5 Å². The predicted octanol–water partition coefficient (Wildman–Crippen LogP) is 6.06. The van der Waals surface area contributed by atoms with E-state index >= 15 is 8.78 Å². The van der Waals surface area contributed by atoms with Crippen LogP contribution in [0.2, 0.25) is 0 Å². The lowest BCUT2D eigenvalue weighted by atomic mass is 9.89. The Kier molecular flexibility index (Phi) is 12.5.